The van der Waals surface area contributed by atoms with Crippen LogP contribution in [-0.4, -0.2) is 60.0 Å². The fraction of sp³-hybridized carbons (Fsp3) is 0.636. The Morgan fingerprint density at radius 3 is 2.94 bits per heavy atom. The molecule has 0 aliphatic carbocycles. The van der Waals surface area contributed by atoms with Gasteiger partial charge in [-0.25, -0.2) is 0 Å². The molecule has 1 N–H and O–H groups in total. The fourth-order valence-electron chi connectivity index (χ4n) is 1.79. The first-order valence-corrected chi connectivity index (χ1v) is 5.82. The second-order valence-electron chi connectivity index (χ2n) is 4.11. The topological polar surface area (TPSA) is 59.4 Å². The molecule has 0 saturated carbocycles. The lowest BCUT2D eigenvalue weighted by Crippen LogP contribution is -2.41. The zero-order valence-corrected chi connectivity index (χ0v) is 10.1. The normalized spacial score (nSPS) is 17.0. The van der Waals surface area contributed by atoms with Gasteiger partial charge in [-0.15, -0.1) is 0 Å². The minimum Gasteiger partial charge on any atom is -0.379 e. The van der Waals surface area contributed by atoms with E-state index in [1.54, 1.807) is 24.1 Å². The molecule has 2 rings (SSSR count). The lowest BCUT2D eigenvalue weighted by Gasteiger charge is -2.26. The van der Waals surface area contributed by atoms with Crippen LogP contribution in [-0.2, 0) is 11.8 Å². The average molecular weight is 238 g/mol. The fourth-order valence-corrected chi connectivity index (χ4v) is 1.79. The summed E-state index contributed by atoms with van der Waals surface area (Å²) in [7, 11) is 1.80. The zero-order valence-electron chi connectivity index (χ0n) is 10.1. The number of nitrogens with zero attached hydrogens (tertiary/aromatic N) is 3. The minimum atomic E-state index is -0.0636. The number of hydrogen-bond donors (Lipinski definition) is 1. The summed E-state index contributed by atoms with van der Waals surface area (Å²) in [6, 6.07) is 0. The second-order valence-corrected chi connectivity index (χ2v) is 4.11. The molecule has 0 unspecified atom stereocenters. The maximum Gasteiger partial charge on any atom is 0.254 e. The molecule has 1 aliphatic heterocycles. The largest absolute Gasteiger partial charge is 0.379 e. The summed E-state index contributed by atoms with van der Waals surface area (Å²) in [5, 5.41) is 6.85. The number of carbonyl (C=O) groups excluding carboxylic acids is 1. The van der Waals surface area contributed by atoms with Crippen LogP contribution in [0, 0.1) is 0 Å². The monoisotopic (exact) mass is 238 g/mol. The summed E-state index contributed by atoms with van der Waals surface area (Å²) in [4.78, 5) is 14.0. The van der Waals surface area contributed by atoms with E-state index < -0.39 is 0 Å². The van der Waals surface area contributed by atoms with E-state index >= 15 is 0 Å². The molecule has 17 heavy (non-hydrogen) atoms. The maximum atomic E-state index is 11.7. The number of ether oxygens (including phenoxy) is 1. The van der Waals surface area contributed by atoms with Crippen LogP contribution >= 0.6 is 0 Å². The highest BCUT2D eigenvalue weighted by Gasteiger charge is 2.11. The number of hydrogen-bond acceptors (Lipinski definition) is 4. The van der Waals surface area contributed by atoms with Crippen molar-refractivity contribution in [2.45, 2.75) is 0 Å². The molecule has 0 aromatic carbocycles. The molecule has 1 amide bonds. The smallest absolute Gasteiger partial charge is 0.254 e. The molecule has 1 aromatic heterocycles. The van der Waals surface area contributed by atoms with E-state index in [1.807, 2.05) is 0 Å². The summed E-state index contributed by atoms with van der Waals surface area (Å²) < 4.78 is 6.88. The van der Waals surface area contributed by atoms with Crippen LogP contribution in [0.1, 0.15) is 10.4 Å². The number of carbonyl (C=O) groups is 1. The Kier molecular flexibility index (Phi) is 4.11. The van der Waals surface area contributed by atoms with Crippen LogP contribution in [0.4, 0.5) is 0 Å². The second kappa shape index (κ2) is 5.79. The van der Waals surface area contributed by atoms with E-state index in [0.717, 1.165) is 32.8 Å². The number of amides is 1. The zero-order chi connectivity index (χ0) is 12.1. The molecule has 1 fully saturated rings. The predicted molar refractivity (Wildman–Crippen MR) is 62.8 cm³/mol. The van der Waals surface area contributed by atoms with E-state index in [-0.39, 0.29) is 5.91 Å². The highest BCUT2D eigenvalue weighted by atomic mass is 16.5. The molecule has 0 bridgehead atoms. The Morgan fingerprint density at radius 2 is 2.29 bits per heavy atom. The van der Waals surface area contributed by atoms with E-state index in [0.29, 0.717) is 12.1 Å². The van der Waals surface area contributed by atoms with E-state index in [9.17, 15) is 4.79 Å². The maximum absolute atomic E-state index is 11.7. The Balaban J connectivity index is 1.69. The third kappa shape index (κ3) is 3.54. The highest BCUT2D eigenvalue weighted by Crippen LogP contribution is 1.97. The third-order valence-electron chi connectivity index (χ3n) is 2.78. The SMILES string of the molecule is Cn1cc(C(=O)NCCN2CCOCC2)cn1. The number of aryl methyl sites for hydroxylation is 1. The van der Waals surface area contributed by atoms with Gasteiger partial charge >= 0.3 is 0 Å². The van der Waals surface area contributed by atoms with Gasteiger partial charge in [0, 0.05) is 39.4 Å². The van der Waals surface area contributed by atoms with Gasteiger partial charge in [0.15, 0.2) is 0 Å². The summed E-state index contributed by atoms with van der Waals surface area (Å²) >= 11 is 0. The first-order chi connectivity index (χ1) is 8.25. The van der Waals surface area contributed by atoms with Gasteiger partial charge < -0.3 is 10.1 Å². The van der Waals surface area contributed by atoms with Crippen LogP contribution in [0.5, 0.6) is 0 Å². The lowest BCUT2D eigenvalue weighted by atomic mass is 10.3. The van der Waals surface area contributed by atoms with Gasteiger partial charge in [0.05, 0.1) is 25.0 Å². The average Bonchev–Trinajstić information content (AvgIpc) is 2.77. The van der Waals surface area contributed by atoms with Crippen molar-refractivity contribution in [1.29, 1.82) is 0 Å². The predicted octanol–water partition coefficient (Wildman–Crippen LogP) is -0.518. The molecule has 1 saturated heterocycles. The van der Waals surface area contributed by atoms with Gasteiger partial charge in [-0.05, 0) is 0 Å². The molecule has 1 aliphatic rings. The summed E-state index contributed by atoms with van der Waals surface area (Å²) in [6.45, 7) is 5.00. The van der Waals surface area contributed by atoms with Crippen molar-refractivity contribution in [2.75, 3.05) is 39.4 Å². The Morgan fingerprint density at radius 1 is 1.53 bits per heavy atom. The molecular weight excluding hydrogens is 220 g/mol. The standard InChI is InChI=1S/C11H18N4O2/c1-14-9-10(8-13-14)11(16)12-2-3-15-4-6-17-7-5-15/h8-9H,2-7H2,1H3,(H,12,16). The number of rotatable bonds is 4. The van der Waals surface area contributed by atoms with E-state index in [2.05, 4.69) is 15.3 Å². The summed E-state index contributed by atoms with van der Waals surface area (Å²) in [5.41, 5.74) is 0.606. The number of aromatic nitrogens is 2. The quantitative estimate of drug-likeness (QED) is 0.767. The summed E-state index contributed by atoms with van der Waals surface area (Å²) in [5.74, 6) is -0.0636. The Labute approximate surface area is 101 Å². The van der Waals surface area contributed by atoms with E-state index in [1.165, 1.54) is 0 Å². The first-order valence-electron chi connectivity index (χ1n) is 5.82. The van der Waals surface area contributed by atoms with Crippen LogP contribution < -0.4 is 5.32 Å². The molecule has 6 nitrogen and oxygen atoms in total. The number of morpholine rings is 1. The van der Waals surface area contributed by atoms with Crippen LogP contribution in [0.3, 0.4) is 0 Å². The Hall–Kier alpha value is -1.40. The molecule has 0 radical (unpaired) electrons. The minimum absolute atomic E-state index is 0.0636. The van der Waals surface area contributed by atoms with Crippen molar-refractivity contribution in [1.82, 2.24) is 20.0 Å². The van der Waals surface area contributed by atoms with Gasteiger partial charge in [0.2, 0.25) is 0 Å². The molecule has 6 heteroatoms. The molecule has 0 spiro atoms. The first kappa shape index (κ1) is 12.1. The van der Waals surface area contributed by atoms with Gasteiger partial charge in [0.1, 0.15) is 0 Å². The van der Waals surface area contributed by atoms with Crippen molar-refractivity contribution < 1.29 is 9.53 Å². The van der Waals surface area contributed by atoms with Gasteiger partial charge in [-0.2, -0.15) is 5.10 Å². The van der Waals surface area contributed by atoms with Crippen molar-refractivity contribution in [3.05, 3.63) is 18.0 Å². The molecule has 1 aromatic rings. The summed E-state index contributed by atoms with van der Waals surface area (Å²) in [6.07, 6.45) is 3.29. The molecule has 94 valence electrons. The van der Waals surface area contributed by atoms with Gasteiger partial charge in [-0.1, -0.05) is 0 Å². The third-order valence-corrected chi connectivity index (χ3v) is 2.78. The Bertz CT molecular complexity index is 371. The molecule has 0 atom stereocenters. The van der Waals surface area contributed by atoms with Crippen LogP contribution in [0.2, 0.25) is 0 Å². The highest BCUT2D eigenvalue weighted by molar-refractivity contribution is 5.93. The van der Waals surface area contributed by atoms with Gasteiger partial charge in [-0.3, -0.25) is 14.4 Å². The van der Waals surface area contributed by atoms with Crippen molar-refractivity contribution >= 4 is 5.91 Å². The van der Waals surface area contributed by atoms with Crippen molar-refractivity contribution in [3.8, 4) is 0 Å². The van der Waals surface area contributed by atoms with Crippen LogP contribution in [0.25, 0.3) is 0 Å². The lowest BCUT2D eigenvalue weighted by molar-refractivity contribution is 0.0383. The van der Waals surface area contributed by atoms with Gasteiger partial charge in [0.25, 0.3) is 5.91 Å². The van der Waals surface area contributed by atoms with Crippen molar-refractivity contribution in [3.63, 3.8) is 0 Å². The van der Waals surface area contributed by atoms with Crippen LogP contribution in [0.15, 0.2) is 12.4 Å². The van der Waals surface area contributed by atoms with Crippen molar-refractivity contribution in [2.24, 2.45) is 7.05 Å². The molecule has 2 heterocycles. The molecular formula is C11H18N4O2. The number of nitrogens with one attached hydrogen (secondary N) is 1. The van der Waals surface area contributed by atoms with E-state index in [4.69, 9.17) is 4.74 Å².